The number of carboxylic acids is 1. The van der Waals surface area contributed by atoms with Crippen LogP contribution in [0, 0.1) is 62.1 Å². The maximum atomic E-state index is 13.3. The van der Waals surface area contributed by atoms with E-state index in [-0.39, 0.29) is 69.7 Å². The van der Waals surface area contributed by atoms with E-state index in [9.17, 15) is 37.5 Å². The SMILES string of the molecule is CC(OCP(=O)(O)O)C(CN[C@]12CC[C@@H](C3(C)CC3)[C@@H]1[C@H]1CC[C@@H]3[C@@]4(C)CC[C@H](OC(=O)CC(C)(C)CC(=O)O)C(C)(C)[C@@H]4CC[C@@]3(C)[C@]1(C)CC2)N1CCS(=O)(=O)CC1. The summed E-state index contributed by atoms with van der Waals surface area (Å²) in [6.45, 7) is 21.9. The first kappa shape index (κ1) is 46.9. The van der Waals surface area contributed by atoms with Crippen molar-refractivity contribution in [1.82, 2.24) is 10.2 Å². The van der Waals surface area contributed by atoms with Crippen LogP contribution in [0.2, 0.25) is 0 Å². The third-order valence-electron chi connectivity index (χ3n) is 19.4. The number of carbonyl (C=O) groups is 2. The number of rotatable bonds is 14. The lowest BCUT2D eigenvalue weighted by Gasteiger charge is -2.73. The number of hydrogen-bond acceptors (Lipinski definition) is 9. The van der Waals surface area contributed by atoms with Crippen LogP contribution >= 0.6 is 7.60 Å². The molecule has 4 N–H and O–H groups in total. The third-order valence-corrected chi connectivity index (χ3v) is 21.5. The molecule has 12 nitrogen and oxygen atoms in total. The summed E-state index contributed by atoms with van der Waals surface area (Å²) in [4.78, 5) is 46.3. The Morgan fingerprint density at radius 2 is 1.50 bits per heavy atom. The highest BCUT2D eigenvalue weighted by molar-refractivity contribution is 7.91. The zero-order chi connectivity index (χ0) is 44.1. The molecule has 0 aromatic carbocycles. The van der Waals surface area contributed by atoms with E-state index >= 15 is 0 Å². The van der Waals surface area contributed by atoms with Crippen LogP contribution in [0.4, 0.5) is 0 Å². The standard InChI is InChI=1S/C46H79N2O10PS/c1-30(57-29-59(52,53)54)33(48-22-24-60(55,56)25-23-48)28-47-46-17-12-31(42(6)18-19-42)39(46)32-10-11-35-43(7)15-14-36(58-38(51)27-40(2,3)26-37(49)50)41(4,5)34(43)13-16-45(35,9)44(32,8)20-21-46/h30-36,39,47H,10-29H2,1-9H3,(H,49,50)(H2,52,53,54)/t30?,31-,32-,33?,34+,35-,36+,39-,43+,44-,45-,46+/m1/s1. The van der Waals surface area contributed by atoms with Crippen molar-refractivity contribution in [2.45, 2.75) is 176 Å². The van der Waals surface area contributed by atoms with Crippen LogP contribution < -0.4 is 5.32 Å². The van der Waals surface area contributed by atoms with E-state index in [1.165, 1.54) is 32.1 Å². The van der Waals surface area contributed by atoms with E-state index in [1.807, 2.05) is 20.8 Å². The second kappa shape index (κ2) is 15.8. The lowest BCUT2D eigenvalue weighted by atomic mass is 9.32. The fraction of sp³-hybridized carbons (Fsp3) is 0.957. The van der Waals surface area contributed by atoms with Crippen molar-refractivity contribution in [3.63, 3.8) is 0 Å². The molecule has 0 aromatic heterocycles. The van der Waals surface area contributed by atoms with Gasteiger partial charge in [0, 0.05) is 36.6 Å². The van der Waals surface area contributed by atoms with Crippen LogP contribution in [0.5, 0.6) is 0 Å². The van der Waals surface area contributed by atoms with E-state index in [0.29, 0.717) is 54.6 Å². The largest absolute Gasteiger partial charge is 0.481 e. The van der Waals surface area contributed by atoms with Crippen LogP contribution in [-0.4, -0.2) is 101 Å². The van der Waals surface area contributed by atoms with Crippen LogP contribution in [0.1, 0.15) is 152 Å². The number of aliphatic carboxylic acids is 1. The molecule has 0 radical (unpaired) electrons. The second-order valence-electron chi connectivity index (χ2n) is 23.7. The van der Waals surface area contributed by atoms with Gasteiger partial charge in [0.2, 0.25) is 0 Å². The Kier molecular flexibility index (Phi) is 12.4. The monoisotopic (exact) mass is 883 g/mol. The molecule has 60 heavy (non-hydrogen) atoms. The Hall–Kier alpha value is -1.08. The van der Waals surface area contributed by atoms with Crippen molar-refractivity contribution in [2.24, 2.45) is 62.1 Å². The van der Waals surface area contributed by atoms with E-state index in [1.54, 1.807) is 0 Å². The summed E-state index contributed by atoms with van der Waals surface area (Å²) < 4.78 is 49.0. The topological polar surface area (TPSA) is 180 Å². The first-order chi connectivity index (χ1) is 27.6. The van der Waals surface area contributed by atoms with Crippen molar-refractivity contribution in [3.05, 3.63) is 0 Å². The highest BCUT2D eigenvalue weighted by atomic mass is 32.2. The molecule has 7 fully saturated rings. The number of sulfone groups is 1. The fourth-order valence-electron chi connectivity index (χ4n) is 15.8. The quantitative estimate of drug-likeness (QED) is 0.0991. The van der Waals surface area contributed by atoms with Gasteiger partial charge in [-0.1, -0.05) is 55.4 Å². The molecule has 1 saturated heterocycles. The molecule has 14 heteroatoms. The Labute approximate surface area is 360 Å². The highest BCUT2D eigenvalue weighted by Crippen LogP contribution is 2.78. The summed E-state index contributed by atoms with van der Waals surface area (Å²) in [7, 11) is -7.50. The number of fused-ring (bicyclic) bond motifs is 7. The number of ether oxygens (including phenoxy) is 2. The molecule has 0 amide bonds. The normalized spacial score (nSPS) is 41.8. The summed E-state index contributed by atoms with van der Waals surface area (Å²) >= 11 is 0. The molecule has 7 aliphatic rings. The third kappa shape index (κ3) is 8.48. The average molecular weight is 883 g/mol. The predicted octanol–water partition coefficient (Wildman–Crippen LogP) is 7.65. The van der Waals surface area contributed by atoms with Gasteiger partial charge in [-0.2, -0.15) is 0 Å². The van der Waals surface area contributed by atoms with Crippen molar-refractivity contribution < 1.29 is 46.9 Å². The Morgan fingerprint density at radius 3 is 2.12 bits per heavy atom. The van der Waals surface area contributed by atoms with Gasteiger partial charge in [-0.25, -0.2) is 8.42 Å². The van der Waals surface area contributed by atoms with Gasteiger partial charge >= 0.3 is 19.5 Å². The second-order valence-corrected chi connectivity index (χ2v) is 27.6. The summed E-state index contributed by atoms with van der Waals surface area (Å²) in [5, 5.41) is 13.6. The Balaban J connectivity index is 1.12. The molecule has 0 aromatic rings. The number of nitrogens with one attached hydrogen (secondary N) is 1. The highest BCUT2D eigenvalue weighted by Gasteiger charge is 2.72. The van der Waals surface area contributed by atoms with Gasteiger partial charge in [0.05, 0.1) is 30.5 Å². The van der Waals surface area contributed by atoms with E-state index in [4.69, 9.17) is 9.47 Å². The maximum absolute atomic E-state index is 13.3. The predicted molar refractivity (Wildman–Crippen MR) is 232 cm³/mol. The summed E-state index contributed by atoms with van der Waals surface area (Å²) in [5.41, 5.74) is -0.162. The fourth-order valence-corrected chi connectivity index (χ4v) is 17.4. The van der Waals surface area contributed by atoms with Gasteiger partial charge in [0.15, 0.2) is 9.84 Å². The van der Waals surface area contributed by atoms with E-state index in [0.717, 1.165) is 44.9 Å². The lowest BCUT2D eigenvalue weighted by molar-refractivity contribution is -0.248. The maximum Gasteiger partial charge on any atom is 0.350 e. The van der Waals surface area contributed by atoms with Crippen molar-refractivity contribution in [1.29, 1.82) is 0 Å². The molecular weight excluding hydrogens is 804 g/mol. The van der Waals surface area contributed by atoms with Crippen molar-refractivity contribution in [2.75, 3.05) is 37.5 Å². The molecule has 6 aliphatic carbocycles. The van der Waals surface area contributed by atoms with Crippen LogP contribution in [0.15, 0.2) is 0 Å². The van der Waals surface area contributed by atoms with Gasteiger partial charge in [-0.3, -0.25) is 19.1 Å². The lowest BCUT2D eigenvalue weighted by Crippen LogP contribution is -2.69. The first-order valence-electron chi connectivity index (χ1n) is 23.4. The number of hydrogen-bond donors (Lipinski definition) is 4. The van der Waals surface area contributed by atoms with Gasteiger partial charge < -0.3 is 29.7 Å². The van der Waals surface area contributed by atoms with E-state index in [2.05, 4.69) is 51.8 Å². The molecule has 12 atom stereocenters. The summed E-state index contributed by atoms with van der Waals surface area (Å²) in [5.74, 6) is 1.65. The number of carboxylic acid groups (broad SMARTS) is 1. The molecule has 2 unspecified atom stereocenters. The number of esters is 1. The molecule has 0 spiro atoms. The number of nitrogens with zero attached hydrogens (tertiary/aromatic N) is 1. The zero-order valence-electron chi connectivity index (χ0n) is 38.3. The average Bonchev–Trinajstić information content (AvgIpc) is 3.74. The first-order valence-corrected chi connectivity index (χ1v) is 27.0. The van der Waals surface area contributed by atoms with Crippen molar-refractivity contribution in [3.8, 4) is 0 Å². The molecule has 1 heterocycles. The minimum Gasteiger partial charge on any atom is -0.481 e. The molecule has 0 bridgehead atoms. The van der Waals surface area contributed by atoms with Crippen LogP contribution in [0.3, 0.4) is 0 Å². The zero-order valence-corrected chi connectivity index (χ0v) is 40.0. The van der Waals surface area contributed by atoms with Gasteiger partial charge in [-0.15, -0.1) is 0 Å². The summed E-state index contributed by atoms with van der Waals surface area (Å²) in [6.07, 6.45) is 12.3. The molecule has 6 saturated carbocycles. The molecule has 7 rings (SSSR count). The van der Waals surface area contributed by atoms with Crippen LogP contribution in [-0.2, 0) is 33.5 Å². The van der Waals surface area contributed by atoms with Crippen LogP contribution in [0.25, 0.3) is 0 Å². The minimum absolute atomic E-state index is 0.0587. The molecule has 344 valence electrons. The minimum atomic E-state index is -4.38. The van der Waals surface area contributed by atoms with Gasteiger partial charge in [0.1, 0.15) is 12.5 Å². The Bertz CT molecular complexity index is 1800. The molecular formula is C46H79N2O10PS. The molecule has 1 aliphatic heterocycles. The summed E-state index contributed by atoms with van der Waals surface area (Å²) in [6, 6.07) is -0.219. The Morgan fingerprint density at radius 1 is 0.833 bits per heavy atom. The van der Waals surface area contributed by atoms with Gasteiger partial charge in [0.25, 0.3) is 0 Å². The van der Waals surface area contributed by atoms with Crippen molar-refractivity contribution >= 4 is 29.4 Å². The van der Waals surface area contributed by atoms with E-state index < -0.39 is 41.3 Å². The number of carbonyl (C=O) groups excluding carboxylic acids is 1. The smallest absolute Gasteiger partial charge is 0.350 e. The van der Waals surface area contributed by atoms with Gasteiger partial charge in [-0.05, 0) is 141 Å².